The van der Waals surface area contributed by atoms with Crippen molar-refractivity contribution in [2.24, 2.45) is 11.8 Å². The zero-order valence-electron chi connectivity index (χ0n) is 18.6. The van der Waals surface area contributed by atoms with E-state index in [0.29, 0.717) is 0 Å². The van der Waals surface area contributed by atoms with Crippen LogP contribution in [-0.4, -0.2) is 25.8 Å². The Hall–Kier alpha value is -1.45. The summed E-state index contributed by atoms with van der Waals surface area (Å²) in [7, 11) is 0. The monoisotopic (exact) mass is 390 g/mol. The van der Waals surface area contributed by atoms with Gasteiger partial charge in [0.15, 0.2) is 6.29 Å². The van der Waals surface area contributed by atoms with Gasteiger partial charge in [0.25, 0.3) is 0 Å². The number of hydrogen-bond donors (Lipinski definition) is 0. The van der Waals surface area contributed by atoms with E-state index in [9.17, 15) is 4.79 Å². The Kier molecular flexibility index (Phi) is 16.7. The fourth-order valence-corrected chi connectivity index (χ4v) is 3.80. The third-order valence-electron chi connectivity index (χ3n) is 5.16. The predicted molar refractivity (Wildman–Crippen MR) is 120 cm³/mol. The van der Waals surface area contributed by atoms with Gasteiger partial charge >= 0.3 is 0 Å². The first kappa shape index (κ1) is 26.6. The zero-order valence-corrected chi connectivity index (χ0v) is 18.6. The van der Waals surface area contributed by atoms with E-state index in [0.717, 1.165) is 43.3 Å². The second-order valence-electron chi connectivity index (χ2n) is 7.17. The molecule has 3 nitrogen and oxygen atoms in total. The molecule has 2 rings (SSSR count). The average molecular weight is 391 g/mol. The van der Waals surface area contributed by atoms with E-state index < -0.39 is 0 Å². The molecule has 0 heterocycles. The number of carbonyl (C=O) groups excluding carboxylic acids is 1. The van der Waals surface area contributed by atoms with E-state index in [2.05, 4.69) is 26.1 Å². The summed E-state index contributed by atoms with van der Waals surface area (Å²) in [6.07, 6.45) is 10.2. The molecule has 0 saturated heterocycles. The van der Waals surface area contributed by atoms with Crippen molar-refractivity contribution in [2.75, 3.05) is 13.2 Å². The number of aldehydes is 1. The van der Waals surface area contributed by atoms with Crippen molar-refractivity contribution in [1.82, 2.24) is 0 Å². The van der Waals surface area contributed by atoms with Gasteiger partial charge in [0.2, 0.25) is 0 Å². The molecule has 1 aliphatic rings. The van der Waals surface area contributed by atoms with Crippen molar-refractivity contribution < 1.29 is 14.3 Å². The maximum atomic E-state index is 11.0. The predicted octanol–water partition coefficient (Wildman–Crippen LogP) is 6.86. The third-order valence-corrected chi connectivity index (χ3v) is 5.16. The number of carbonyl (C=O) groups is 1. The minimum atomic E-state index is -0.0370. The molecule has 0 atom stereocenters. The van der Waals surface area contributed by atoms with Crippen LogP contribution in [0.4, 0.5) is 0 Å². The van der Waals surface area contributed by atoms with Crippen LogP contribution in [0, 0.1) is 11.8 Å². The Bertz CT molecular complexity index is 486. The molecule has 0 amide bonds. The van der Waals surface area contributed by atoms with E-state index in [1.165, 1.54) is 44.1 Å². The van der Waals surface area contributed by atoms with Crippen LogP contribution in [-0.2, 0) is 15.9 Å². The Labute approximate surface area is 173 Å². The van der Waals surface area contributed by atoms with Gasteiger partial charge in [-0.25, -0.2) is 0 Å². The van der Waals surface area contributed by atoms with Crippen LogP contribution in [0.25, 0.3) is 0 Å². The molecule has 0 unspecified atom stereocenters. The SMILES string of the molecule is C=C.CCCC1CCC(Cc2ccccc2C=O)CC1.CCOC(C)OCC. The Morgan fingerprint density at radius 3 is 2.04 bits per heavy atom. The molecule has 0 aliphatic heterocycles. The largest absolute Gasteiger partial charge is 0.353 e. The fraction of sp³-hybridized carbons (Fsp3) is 0.640. The number of benzene rings is 1. The van der Waals surface area contributed by atoms with Crippen LogP contribution in [0.2, 0.25) is 0 Å². The highest BCUT2D eigenvalue weighted by atomic mass is 16.7. The summed E-state index contributed by atoms with van der Waals surface area (Å²) in [4.78, 5) is 11.0. The summed E-state index contributed by atoms with van der Waals surface area (Å²) in [6.45, 7) is 15.5. The highest BCUT2D eigenvalue weighted by Crippen LogP contribution is 2.33. The van der Waals surface area contributed by atoms with Gasteiger partial charge in [0.1, 0.15) is 6.29 Å². The quantitative estimate of drug-likeness (QED) is 0.262. The maximum Gasteiger partial charge on any atom is 0.154 e. The number of rotatable bonds is 9. The summed E-state index contributed by atoms with van der Waals surface area (Å²) in [5, 5.41) is 0. The van der Waals surface area contributed by atoms with Crippen molar-refractivity contribution in [2.45, 2.75) is 78.9 Å². The topological polar surface area (TPSA) is 35.5 Å². The molecule has 0 aromatic heterocycles. The van der Waals surface area contributed by atoms with Crippen LogP contribution in [0.1, 0.15) is 82.1 Å². The van der Waals surface area contributed by atoms with Gasteiger partial charge < -0.3 is 9.47 Å². The van der Waals surface area contributed by atoms with Gasteiger partial charge in [-0.15, -0.1) is 13.2 Å². The molecule has 1 fully saturated rings. The first-order valence-corrected chi connectivity index (χ1v) is 10.9. The Morgan fingerprint density at radius 2 is 1.54 bits per heavy atom. The second kappa shape index (κ2) is 17.6. The van der Waals surface area contributed by atoms with Crippen LogP contribution >= 0.6 is 0 Å². The molecule has 0 N–H and O–H groups in total. The van der Waals surface area contributed by atoms with Crippen LogP contribution in [0.15, 0.2) is 37.4 Å². The molecule has 3 heteroatoms. The van der Waals surface area contributed by atoms with Gasteiger partial charge in [0, 0.05) is 18.8 Å². The molecule has 0 spiro atoms. The lowest BCUT2D eigenvalue weighted by atomic mass is 9.77. The van der Waals surface area contributed by atoms with Gasteiger partial charge in [-0.05, 0) is 57.4 Å². The summed E-state index contributed by atoms with van der Waals surface area (Å²) in [5.74, 6) is 1.76. The first-order chi connectivity index (χ1) is 13.6. The molecular formula is C25H42O3. The van der Waals surface area contributed by atoms with E-state index >= 15 is 0 Å². The lowest BCUT2D eigenvalue weighted by molar-refractivity contribution is -0.123. The molecule has 1 aromatic carbocycles. The Balaban J connectivity index is 0.000000618. The van der Waals surface area contributed by atoms with Gasteiger partial charge in [0.05, 0.1) is 0 Å². The first-order valence-electron chi connectivity index (χ1n) is 10.9. The van der Waals surface area contributed by atoms with E-state index in [-0.39, 0.29) is 6.29 Å². The van der Waals surface area contributed by atoms with E-state index in [1.54, 1.807) is 0 Å². The molecule has 160 valence electrons. The lowest BCUT2D eigenvalue weighted by Gasteiger charge is -2.28. The highest BCUT2D eigenvalue weighted by Gasteiger charge is 2.21. The molecule has 28 heavy (non-hydrogen) atoms. The average Bonchev–Trinajstić information content (AvgIpc) is 2.72. The van der Waals surface area contributed by atoms with Crippen molar-refractivity contribution >= 4 is 6.29 Å². The smallest absolute Gasteiger partial charge is 0.154 e. The highest BCUT2D eigenvalue weighted by molar-refractivity contribution is 5.77. The van der Waals surface area contributed by atoms with Gasteiger partial charge in [-0.2, -0.15) is 0 Å². The fourth-order valence-electron chi connectivity index (χ4n) is 3.80. The summed E-state index contributed by atoms with van der Waals surface area (Å²) < 4.78 is 10.1. The Morgan fingerprint density at radius 1 is 1.00 bits per heavy atom. The molecular weight excluding hydrogens is 348 g/mol. The van der Waals surface area contributed by atoms with Gasteiger partial charge in [-0.3, -0.25) is 4.79 Å². The molecule has 1 aliphatic carbocycles. The minimum Gasteiger partial charge on any atom is -0.353 e. The molecule has 0 bridgehead atoms. The zero-order chi connectivity index (χ0) is 21.2. The van der Waals surface area contributed by atoms with Crippen LogP contribution in [0.5, 0.6) is 0 Å². The van der Waals surface area contributed by atoms with Gasteiger partial charge in [-0.1, -0.05) is 56.9 Å². The van der Waals surface area contributed by atoms with Crippen molar-refractivity contribution in [1.29, 1.82) is 0 Å². The normalized spacial score (nSPS) is 18.5. The third kappa shape index (κ3) is 11.4. The summed E-state index contributed by atoms with van der Waals surface area (Å²) in [5.41, 5.74) is 2.12. The molecule has 1 saturated carbocycles. The number of ether oxygens (including phenoxy) is 2. The second-order valence-corrected chi connectivity index (χ2v) is 7.17. The van der Waals surface area contributed by atoms with Crippen LogP contribution < -0.4 is 0 Å². The van der Waals surface area contributed by atoms with Crippen molar-refractivity contribution in [3.63, 3.8) is 0 Å². The summed E-state index contributed by atoms with van der Waals surface area (Å²) >= 11 is 0. The van der Waals surface area contributed by atoms with E-state index in [4.69, 9.17) is 9.47 Å². The van der Waals surface area contributed by atoms with Crippen molar-refractivity contribution in [3.8, 4) is 0 Å². The summed E-state index contributed by atoms with van der Waals surface area (Å²) in [6, 6.07) is 8.04. The standard InChI is InChI=1S/C17H24O.C6H14O2.C2H4/c1-2-5-14-8-10-15(11-9-14)12-16-6-3-4-7-17(16)13-18;1-4-7-6(3)8-5-2;1-2/h3-4,6-7,13-15H,2,5,8-12H2,1H3;6H,4-5H2,1-3H3;1-2H2. The lowest BCUT2D eigenvalue weighted by Crippen LogP contribution is -2.16. The van der Waals surface area contributed by atoms with Crippen LogP contribution in [0.3, 0.4) is 0 Å². The maximum absolute atomic E-state index is 11.0. The minimum absolute atomic E-state index is 0.0370. The number of hydrogen-bond acceptors (Lipinski definition) is 3. The molecule has 0 radical (unpaired) electrons. The van der Waals surface area contributed by atoms with E-state index in [1.807, 2.05) is 39.0 Å². The van der Waals surface area contributed by atoms with Crippen molar-refractivity contribution in [3.05, 3.63) is 48.6 Å². The molecule has 1 aromatic rings.